The molecule has 0 spiro atoms. The zero-order chi connectivity index (χ0) is 9.56. The quantitative estimate of drug-likeness (QED) is 0.589. The van der Waals surface area contributed by atoms with Crippen molar-refractivity contribution in [1.29, 1.82) is 0 Å². The lowest BCUT2D eigenvalue weighted by Gasteiger charge is -2.15. The maximum atomic E-state index is 12.0. The molecule has 72 valence electrons. The standard InChI is InChI=1S/C8H14FN.C2H6/c1-3-8-4-7(5-9)6-10(8)2;1-2/h5,8H,3-4,6H2,1-2H3;1-2H3/b7-5+;. The molecule has 0 radical (unpaired) electrons. The Labute approximate surface area is 75.3 Å². The van der Waals surface area contributed by atoms with Crippen molar-refractivity contribution in [2.45, 2.75) is 39.7 Å². The topological polar surface area (TPSA) is 3.24 Å². The van der Waals surface area contributed by atoms with E-state index in [0.29, 0.717) is 6.04 Å². The molecule has 0 bridgehead atoms. The average molecular weight is 173 g/mol. The largest absolute Gasteiger partial charge is 0.299 e. The van der Waals surface area contributed by atoms with Crippen molar-refractivity contribution >= 4 is 0 Å². The molecule has 0 aromatic heterocycles. The SMILES string of the molecule is CC.CCC1C/C(=C\F)CN1C. The van der Waals surface area contributed by atoms with E-state index >= 15 is 0 Å². The van der Waals surface area contributed by atoms with Crippen LogP contribution in [0.4, 0.5) is 4.39 Å². The van der Waals surface area contributed by atoms with E-state index in [9.17, 15) is 4.39 Å². The number of hydrogen-bond donors (Lipinski definition) is 0. The second-order valence-corrected chi connectivity index (χ2v) is 2.95. The number of likely N-dealkylation sites (N-methyl/N-ethyl adjacent to an activating group) is 1. The Hall–Kier alpha value is -0.370. The first-order valence-corrected chi connectivity index (χ1v) is 4.76. The molecule has 1 unspecified atom stereocenters. The highest BCUT2D eigenvalue weighted by Gasteiger charge is 2.22. The van der Waals surface area contributed by atoms with Crippen LogP contribution < -0.4 is 0 Å². The summed E-state index contributed by atoms with van der Waals surface area (Å²) in [5.74, 6) is 0. The third-order valence-corrected chi connectivity index (χ3v) is 2.20. The van der Waals surface area contributed by atoms with Gasteiger partial charge in [-0.25, -0.2) is 4.39 Å². The summed E-state index contributed by atoms with van der Waals surface area (Å²) in [5, 5.41) is 0. The highest BCUT2D eigenvalue weighted by molar-refractivity contribution is 5.09. The van der Waals surface area contributed by atoms with Crippen molar-refractivity contribution in [3.05, 3.63) is 11.9 Å². The molecule has 0 N–H and O–H groups in total. The Morgan fingerprint density at radius 2 is 2.17 bits per heavy atom. The summed E-state index contributed by atoms with van der Waals surface area (Å²) < 4.78 is 12.0. The van der Waals surface area contributed by atoms with Gasteiger partial charge in [-0.05, 0) is 25.5 Å². The normalized spacial score (nSPS) is 27.1. The van der Waals surface area contributed by atoms with E-state index in [1.807, 2.05) is 20.9 Å². The van der Waals surface area contributed by atoms with Gasteiger partial charge in [-0.15, -0.1) is 0 Å². The summed E-state index contributed by atoms with van der Waals surface area (Å²) in [5.41, 5.74) is 0.939. The van der Waals surface area contributed by atoms with Crippen molar-refractivity contribution < 1.29 is 4.39 Å². The van der Waals surface area contributed by atoms with Crippen LogP contribution in [0.1, 0.15) is 33.6 Å². The first-order valence-electron chi connectivity index (χ1n) is 4.76. The molecule has 1 atom stereocenters. The number of nitrogens with zero attached hydrogens (tertiary/aromatic N) is 1. The van der Waals surface area contributed by atoms with Crippen molar-refractivity contribution in [2.75, 3.05) is 13.6 Å². The summed E-state index contributed by atoms with van der Waals surface area (Å²) in [6, 6.07) is 0.571. The van der Waals surface area contributed by atoms with Crippen LogP contribution in [-0.4, -0.2) is 24.5 Å². The molecule has 0 aliphatic carbocycles. The number of rotatable bonds is 1. The van der Waals surface area contributed by atoms with E-state index in [1.54, 1.807) is 0 Å². The van der Waals surface area contributed by atoms with E-state index in [2.05, 4.69) is 11.8 Å². The van der Waals surface area contributed by atoms with Crippen molar-refractivity contribution in [1.82, 2.24) is 4.90 Å². The lowest BCUT2D eigenvalue weighted by Crippen LogP contribution is -2.23. The Balaban J connectivity index is 0.000000561. The molecule has 1 heterocycles. The molecular weight excluding hydrogens is 153 g/mol. The van der Waals surface area contributed by atoms with Gasteiger partial charge in [-0.2, -0.15) is 0 Å². The number of hydrogen-bond acceptors (Lipinski definition) is 1. The first kappa shape index (κ1) is 11.6. The summed E-state index contributed by atoms with van der Waals surface area (Å²) in [6.07, 6.45) is 2.80. The molecule has 1 aliphatic rings. The van der Waals surface area contributed by atoms with Crippen LogP contribution in [0.15, 0.2) is 11.9 Å². The maximum absolute atomic E-state index is 12.0. The minimum atomic E-state index is 0.571. The molecule has 0 aromatic rings. The Kier molecular flexibility index (Phi) is 5.99. The number of likely N-dealkylation sites (tertiary alicyclic amines) is 1. The predicted octanol–water partition coefficient (Wildman–Crippen LogP) is 2.98. The molecule has 1 rings (SSSR count). The van der Waals surface area contributed by atoms with Crippen LogP contribution in [0.3, 0.4) is 0 Å². The van der Waals surface area contributed by atoms with E-state index in [-0.39, 0.29) is 0 Å². The van der Waals surface area contributed by atoms with Gasteiger partial charge in [-0.3, -0.25) is 4.90 Å². The second kappa shape index (κ2) is 6.18. The van der Waals surface area contributed by atoms with E-state index in [1.165, 1.54) is 0 Å². The fourth-order valence-electron chi connectivity index (χ4n) is 1.51. The second-order valence-electron chi connectivity index (χ2n) is 2.95. The maximum Gasteiger partial charge on any atom is 0.0872 e. The average Bonchev–Trinajstić information content (AvgIpc) is 2.49. The Bertz CT molecular complexity index is 143. The van der Waals surface area contributed by atoms with Crippen molar-refractivity contribution in [2.24, 2.45) is 0 Å². The first-order chi connectivity index (χ1) is 5.77. The van der Waals surface area contributed by atoms with E-state index in [0.717, 1.165) is 31.3 Å². The minimum absolute atomic E-state index is 0.571. The molecule has 0 amide bonds. The molecule has 2 heteroatoms. The van der Waals surface area contributed by atoms with Crippen molar-refractivity contribution in [3.8, 4) is 0 Å². The van der Waals surface area contributed by atoms with Gasteiger partial charge >= 0.3 is 0 Å². The fraction of sp³-hybridized carbons (Fsp3) is 0.800. The van der Waals surface area contributed by atoms with Gasteiger partial charge in [0.15, 0.2) is 0 Å². The van der Waals surface area contributed by atoms with Crippen LogP contribution in [-0.2, 0) is 0 Å². The Morgan fingerprint density at radius 3 is 2.42 bits per heavy atom. The lowest BCUT2D eigenvalue weighted by atomic mass is 10.1. The summed E-state index contributed by atoms with van der Waals surface area (Å²) >= 11 is 0. The van der Waals surface area contributed by atoms with Gasteiger partial charge in [0.05, 0.1) is 6.33 Å². The summed E-state index contributed by atoms with van der Waals surface area (Å²) in [4.78, 5) is 2.20. The highest BCUT2D eigenvalue weighted by atomic mass is 19.1. The fourth-order valence-corrected chi connectivity index (χ4v) is 1.51. The van der Waals surface area contributed by atoms with Crippen LogP contribution in [0.2, 0.25) is 0 Å². The third-order valence-electron chi connectivity index (χ3n) is 2.20. The third kappa shape index (κ3) is 2.94. The van der Waals surface area contributed by atoms with Gasteiger partial charge in [0.2, 0.25) is 0 Å². The van der Waals surface area contributed by atoms with Gasteiger partial charge in [0.25, 0.3) is 0 Å². The molecule has 1 saturated heterocycles. The zero-order valence-corrected chi connectivity index (χ0v) is 8.60. The molecule has 1 fully saturated rings. The highest BCUT2D eigenvalue weighted by Crippen LogP contribution is 2.22. The summed E-state index contributed by atoms with van der Waals surface area (Å²) in [7, 11) is 2.05. The molecule has 1 aliphatic heterocycles. The molecule has 0 aromatic carbocycles. The van der Waals surface area contributed by atoms with Gasteiger partial charge in [0.1, 0.15) is 0 Å². The van der Waals surface area contributed by atoms with Crippen LogP contribution in [0.25, 0.3) is 0 Å². The molecular formula is C10H20FN. The smallest absolute Gasteiger partial charge is 0.0872 e. The number of halogens is 1. The Morgan fingerprint density at radius 1 is 1.58 bits per heavy atom. The van der Waals surface area contributed by atoms with Crippen LogP contribution >= 0.6 is 0 Å². The minimum Gasteiger partial charge on any atom is -0.299 e. The summed E-state index contributed by atoms with van der Waals surface area (Å²) in [6.45, 7) is 6.96. The predicted molar refractivity (Wildman–Crippen MR) is 51.9 cm³/mol. The monoisotopic (exact) mass is 173 g/mol. The zero-order valence-electron chi connectivity index (χ0n) is 8.60. The van der Waals surface area contributed by atoms with Crippen LogP contribution in [0, 0.1) is 0 Å². The molecule has 1 nitrogen and oxygen atoms in total. The molecule has 12 heavy (non-hydrogen) atoms. The van der Waals surface area contributed by atoms with E-state index < -0.39 is 0 Å². The van der Waals surface area contributed by atoms with Crippen LogP contribution in [0.5, 0.6) is 0 Å². The van der Waals surface area contributed by atoms with Crippen molar-refractivity contribution in [3.63, 3.8) is 0 Å². The van der Waals surface area contributed by atoms with Gasteiger partial charge < -0.3 is 0 Å². The van der Waals surface area contributed by atoms with Gasteiger partial charge in [0, 0.05) is 12.6 Å². The lowest BCUT2D eigenvalue weighted by molar-refractivity contribution is 0.305. The van der Waals surface area contributed by atoms with Gasteiger partial charge in [-0.1, -0.05) is 20.8 Å². The van der Waals surface area contributed by atoms with E-state index in [4.69, 9.17) is 0 Å². The molecule has 0 saturated carbocycles.